The van der Waals surface area contributed by atoms with Gasteiger partial charge >= 0.3 is 11.8 Å². The minimum atomic E-state index is -0.982. The maximum Gasteiger partial charge on any atom is 0.328 e. The summed E-state index contributed by atoms with van der Waals surface area (Å²) >= 11 is 0. The van der Waals surface area contributed by atoms with Crippen molar-refractivity contribution in [1.29, 1.82) is 0 Å². The number of nitrogens with zero attached hydrogens (tertiary/aromatic N) is 4. The molecule has 2 aromatic heterocycles. The number of para-hydroxylation sites is 1. The van der Waals surface area contributed by atoms with Crippen molar-refractivity contribution in [3.05, 3.63) is 93.7 Å². The molecule has 0 bridgehead atoms. The van der Waals surface area contributed by atoms with E-state index < -0.39 is 17.7 Å². The molecule has 38 heavy (non-hydrogen) atoms. The molecule has 12 nitrogen and oxygen atoms in total. The average Bonchev–Trinajstić information content (AvgIpc) is 3.10. The molecule has 0 fully saturated rings. The van der Waals surface area contributed by atoms with Crippen LogP contribution in [-0.4, -0.2) is 37.1 Å². The van der Waals surface area contributed by atoms with Crippen LogP contribution in [0, 0.1) is 20.8 Å². The van der Waals surface area contributed by atoms with Crippen LogP contribution in [0.15, 0.2) is 65.5 Å². The molecule has 0 unspecified atom stereocenters. The fraction of sp³-hybridized carbons (Fsp3) is 0.154. The van der Waals surface area contributed by atoms with Gasteiger partial charge in [-0.05, 0) is 57.2 Å². The lowest BCUT2D eigenvalue weighted by Crippen LogP contribution is -2.39. The second kappa shape index (κ2) is 10.8. The molecule has 0 saturated carbocycles. The smallest absolute Gasteiger partial charge is 0.318 e. The molecule has 3 amide bonds. The Kier molecular flexibility index (Phi) is 7.33. The molecule has 0 aliphatic rings. The molecular formula is C26H26N8O4. The minimum Gasteiger partial charge on any atom is -0.318 e. The highest BCUT2D eigenvalue weighted by molar-refractivity contribution is 6.39. The van der Waals surface area contributed by atoms with E-state index in [0.717, 1.165) is 0 Å². The van der Waals surface area contributed by atoms with Crippen molar-refractivity contribution in [1.82, 2.24) is 24.8 Å². The third kappa shape index (κ3) is 5.59. The van der Waals surface area contributed by atoms with Gasteiger partial charge in [-0.2, -0.15) is 0 Å². The van der Waals surface area contributed by atoms with Gasteiger partial charge in [0.25, 0.3) is 11.5 Å². The number of hydrogen-bond donors (Lipinski definition) is 4. The molecule has 2 heterocycles. The highest BCUT2D eigenvalue weighted by atomic mass is 16.2. The Morgan fingerprint density at radius 1 is 0.816 bits per heavy atom. The van der Waals surface area contributed by atoms with Crippen molar-refractivity contribution in [2.45, 2.75) is 20.8 Å². The summed E-state index contributed by atoms with van der Waals surface area (Å²) in [7, 11) is 1.72. The zero-order valence-corrected chi connectivity index (χ0v) is 21.2. The summed E-state index contributed by atoms with van der Waals surface area (Å²) in [4.78, 5) is 58.9. The molecule has 2 aromatic carbocycles. The Morgan fingerprint density at radius 2 is 1.50 bits per heavy atom. The second-order valence-corrected chi connectivity index (χ2v) is 8.48. The van der Waals surface area contributed by atoms with Crippen LogP contribution < -0.4 is 27.0 Å². The van der Waals surface area contributed by atoms with Gasteiger partial charge in [-0.1, -0.05) is 24.3 Å². The van der Waals surface area contributed by atoms with Crippen molar-refractivity contribution < 1.29 is 14.4 Å². The summed E-state index contributed by atoms with van der Waals surface area (Å²) in [6.07, 6.45) is 0. The number of carbonyl (C=O) groups is 3. The lowest BCUT2D eigenvalue weighted by Gasteiger charge is -2.10. The predicted octanol–water partition coefficient (Wildman–Crippen LogP) is 2.23. The Hall–Kier alpha value is -5.26. The van der Waals surface area contributed by atoms with Crippen molar-refractivity contribution in [3.63, 3.8) is 0 Å². The first kappa shape index (κ1) is 25.8. The van der Waals surface area contributed by atoms with E-state index in [2.05, 4.69) is 31.5 Å². The zero-order chi connectivity index (χ0) is 27.4. The van der Waals surface area contributed by atoms with Gasteiger partial charge in [-0.3, -0.25) is 34.7 Å². The van der Waals surface area contributed by atoms with Crippen LogP contribution in [0.1, 0.15) is 27.4 Å². The molecule has 0 atom stereocenters. The van der Waals surface area contributed by atoms with Crippen LogP contribution in [-0.2, 0) is 16.6 Å². The summed E-state index contributed by atoms with van der Waals surface area (Å²) in [6, 6.07) is 16.8. The maximum absolute atomic E-state index is 13.1. The van der Waals surface area contributed by atoms with E-state index in [0.29, 0.717) is 22.8 Å². The predicted molar refractivity (Wildman–Crippen MR) is 142 cm³/mol. The Morgan fingerprint density at radius 3 is 2.18 bits per heavy atom. The first-order chi connectivity index (χ1) is 18.1. The van der Waals surface area contributed by atoms with Gasteiger partial charge in [0.1, 0.15) is 5.69 Å². The first-order valence-corrected chi connectivity index (χ1v) is 11.6. The summed E-state index contributed by atoms with van der Waals surface area (Å²) in [5.41, 5.74) is 7.48. The topological polar surface area (TPSA) is 152 Å². The van der Waals surface area contributed by atoms with Crippen LogP contribution in [0.2, 0.25) is 0 Å². The summed E-state index contributed by atoms with van der Waals surface area (Å²) in [5.74, 6) is -2.36. The van der Waals surface area contributed by atoms with Gasteiger partial charge in [-0.25, -0.2) is 14.6 Å². The molecular weight excluding hydrogens is 488 g/mol. The number of amides is 3. The highest BCUT2D eigenvalue weighted by Gasteiger charge is 2.20. The van der Waals surface area contributed by atoms with Crippen LogP contribution >= 0.6 is 0 Å². The molecule has 4 aromatic rings. The number of aryl methyl sites for hydroxylation is 2. The van der Waals surface area contributed by atoms with E-state index in [1.807, 2.05) is 18.2 Å². The fourth-order valence-electron chi connectivity index (χ4n) is 3.78. The van der Waals surface area contributed by atoms with Gasteiger partial charge in [0.05, 0.1) is 11.4 Å². The first-order valence-electron chi connectivity index (χ1n) is 11.6. The number of benzene rings is 2. The van der Waals surface area contributed by atoms with Gasteiger partial charge in [0, 0.05) is 29.7 Å². The lowest BCUT2D eigenvalue weighted by molar-refractivity contribution is -0.135. The highest BCUT2D eigenvalue weighted by Crippen LogP contribution is 2.17. The van der Waals surface area contributed by atoms with Gasteiger partial charge < -0.3 is 10.6 Å². The number of hydrogen-bond acceptors (Lipinski definition) is 7. The SMILES string of the molecule is Cc1cc(C)nc(NNC(=O)C(=O)Nc2cccc(C(=O)Nc3c(C)n(C)n(-c4ccccc4)c3=O)c2)n1. The summed E-state index contributed by atoms with van der Waals surface area (Å²) < 4.78 is 3.11. The Balaban J connectivity index is 1.44. The van der Waals surface area contributed by atoms with Crippen molar-refractivity contribution in [2.24, 2.45) is 7.05 Å². The van der Waals surface area contributed by atoms with Crippen molar-refractivity contribution in [3.8, 4) is 5.69 Å². The standard InChI is InChI=1S/C26H26N8O4/c1-15-13-16(2)28-26(27-15)32-31-24(37)23(36)29-19-10-8-9-18(14-19)22(35)30-21-17(3)33(4)34(25(21)38)20-11-6-5-7-12-20/h5-14H,1-4H3,(H,29,36)(H,30,35)(H,31,37)(H,27,28,32). The molecule has 0 aliphatic heterocycles. The van der Waals surface area contributed by atoms with Crippen LogP contribution in [0.25, 0.3) is 5.69 Å². The van der Waals surface area contributed by atoms with Gasteiger partial charge in [0.15, 0.2) is 0 Å². The van der Waals surface area contributed by atoms with E-state index in [9.17, 15) is 19.2 Å². The molecule has 0 radical (unpaired) electrons. The molecule has 0 aliphatic carbocycles. The third-order valence-corrected chi connectivity index (χ3v) is 5.65. The minimum absolute atomic E-state index is 0.134. The van der Waals surface area contributed by atoms with E-state index in [1.54, 1.807) is 56.8 Å². The number of anilines is 3. The number of nitrogens with one attached hydrogen (secondary N) is 4. The fourth-order valence-corrected chi connectivity index (χ4v) is 3.78. The van der Waals surface area contributed by atoms with E-state index in [-0.39, 0.29) is 28.4 Å². The molecule has 4 N–H and O–H groups in total. The monoisotopic (exact) mass is 514 g/mol. The number of carbonyl (C=O) groups excluding carboxylic acids is 3. The van der Waals surface area contributed by atoms with Crippen molar-refractivity contribution in [2.75, 3.05) is 16.1 Å². The van der Waals surface area contributed by atoms with Gasteiger partial charge in [0.2, 0.25) is 5.95 Å². The molecule has 4 rings (SSSR count). The normalized spacial score (nSPS) is 10.5. The third-order valence-electron chi connectivity index (χ3n) is 5.65. The molecule has 0 saturated heterocycles. The Labute approximate surface area is 217 Å². The van der Waals surface area contributed by atoms with Crippen molar-refractivity contribution >= 4 is 35.0 Å². The number of aromatic nitrogens is 4. The number of hydrazine groups is 1. The van der Waals surface area contributed by atoms with E-state index >= 15 is 0 Å². The van der Waals surface area contributed by atoms with Gasteiger partial charge in [-0.15, -0.1) is 0 Å². The molecule has 0 spiro atoms. The van der Waals surface area contributed by atoms with Crippen LogP contribution in [0.5, 0.6) is 0 Å². The largest absolute Gasteiger partial charge is 0.328 e. The second-order valence-electron chi connectivity index (χ2n) is 8.48. The quantitative estimate of drug-likeness (QED) is 0.227. The van der Waals surface area contributed by atoms with Crippen LogP contribution in [0.3, 0.4) is 0 Å². The average molecular weight is 515 g/mol. The number of rotatable bonds is 6. The van der Waals surface area contributed by atoms with Crippen LogP contribution in [0.4, 0.5) is 17.3 Å². The maximum atomic E-state index is 13.1. The van der Waals surface area contributed by atoms with E-state index in [4.69, 9.17) is 0 Å². The van der Waals surface area contributed by atoms with E-state index in [1.165, 1.54) is 22.9 Å². The molecule has 194 valence electrons. The Bertz CT molecular complexity index is 1570. The lowest BCUT2D eigenvalue weighted by atomic mass is 10.2. The summed E-state index contributed by atoms with van der Waals surface area (Å²) in [6.45, 7) is 5.27. The summed E-state index contributed by atoms with van der Waals surface area (Å²) in [5, 5.41) is 5.10. The zero-order valence-electron chi connectivity index (χ0n) is 21.2. The molecule has 12 heteroatoms.